The van der Waals surface area contributed by atoms with Gasteiger partial charge in [-0.05, 0) is 38.5 Å². The zero-order valence-electron chi connectivity index (χ0n) is 12.3. The highest BCUT2D eigenvalue weighted by Crippen LogP contribution is 2.30. The molecule has 1 amide bonds. The molecule has 2 fully saturated rings. The maximum Gasteiger partial charge on any atom is 0.225 e. The number of nitrogens with two attached hydrogens (primary N) is 1. The third-order valence-electron chi connectivity index (χ3n) is 4.62. The van der Waals surface area contributed by atoms with Crippen LogP contribution in [0.2, 0.25) is 0 Å². The molecular weight excluding hydrogens is 240 g/mol. The summed E-state index contributed by atoms with van der Waals surface area (Å²) in [6.07, 6.45) is 5.56. The molecule has 0 radical (unpaired) electrons. The van der Waals surface area contributed by atoms with Crippen LogP contribution >= 0.6 is 0 Å². The lowest BCUT2D eigenvalue weighted by Crippen LogP contribution is -2.43. The zero-order chi connectivity index (χ0) is 13.8. The first-order chi connectivity index (χ1) is 9.08. The van der Waals surface area contributed by atoms with Crippen molar-refractivity contribution in [2.24, 2.45) is 17.6 Å². The van der Waals surface area contributed by atoms with Gasteiger partial charge in [0.15, 0.2) is 0 Å². The highest BCUT2D eigenvalue weighted by Gasteiger charge is 2.32. The van der Waals surface area contributed by atoms with Crippen molar-refractivity contribution in [3.8, 4) is 0 Å². The standard InChI is InChI=1S/C15H28N2O2/c1-11-10-17(7-4-8-19-11)15(18)12(2)13-5-3-6-14(16)9-13/h11-14H,3-10,16H2,1-2H3. The Hall–Kier alpha value is -0.610. The second kappa shape index (κ2) is 6.71. The van der Waals surface area contributed by atoms with Crippen LogP contribution in [0.25, 0.3) is 0 Å². The van der Waals surface area contributed by atoms with Gasteiger partial charge in [0.05, 0.1) is 6.10 Å². The molecule has 0 aromatic heterocycles. The molecule has 1 aliphatic heterocycles. The van der Waals surface area contributed by atoms with Gasteiger partial charge in [0.1, 0.15) is 0 Å². The summed E-state index contributed by atoms with van der Waals surface area (Å²) in [6.45, 7) is 6.48. The van der Waals surface area contributed by atoms with E-state index in [4.69, 9.17) is 10.5 Å². The Bertz CT molecular complexity index is 309. The Morgan fingerprint density at radius 2 is 2.16 bits per heavy atom. The lowest BCUT2D eigenvalue weighted by molar-refractivity contribution is -0.137. The monoisotopic (exact) mass is 268 g/mol. The fraction of sp³-hybridized carbons (Fsp3) is 0.933. The summed E-state index contributed by atoms with van der Waals surface area (Å²) >= 11 is 0. The number of amides is 1. The molecule has 1 saturated heterocycles. The van der Waals surface area contributed by atoms with E-state index in [2.05, 4.69) is 6.92 Å². The lowest BCUT2D eigenvalue weighted by Gasteiger charge is -2.33. The van der Waals surface area contributed by atoms with Gasteiger partial charge in [-0.25, -0.2) is 0 Å². The first kappa shape index (κ1) is 14.8. The molecule has 110 valence electrons. The molecular formula is C15H28N2O2. The summed E-state index contributed by atoms with van der Waals surface area (Å²) in [5.41, 5.74) is 6.04. The molecule has 1 aliphatic carbocycles. The highest BCUT2D eigenvalue weighted by molar-refractivity contribution is 5.78. The van der Waals surface area contributed by atoms with Gasteiger partial charge in [-0.2, -0.15) is 0 Å². The minimum absolute atomic E-state index is 0.108. The molecule has 0 bridgehead atoms. The first-order valence-electron chi connectivity index (χ1n) is 7.74. The van der Waals surface area contributed by atoms with Gasteiger partial charge in [0.25, 0.3) is 0 Å². The Labute approximate surface area is 116 Å². The van der Waals surface area contributed by atoms with Crippen molar-refractivity contribution in [2.75, 3.05) is 19.7 Å². The normalized spacial score (nSPS) is 34.7. The van der Waals surface area contributed by atoms with Gasteiger partial charge in [-0.15, -0.1) is 0 Å². The van der Waals surface area contributed by atoms with E-state index in [0.717, 1.165) is 45.4 Å². The lowest BCUT2D eigenvalue weighted by atomic mass is 9.78. The van der Waals surface area contributed by atoms with E-state index in [1.54, 1.807) is 0 Å². The fourth-order valence-electron chi connectivity index (χ4n) is 3.40. The van der Waals surface area contributed by atoms with Crippen molar-refractivity contribution >= 4 is 5.91 Å². The fourth-order valence-corrected chi connectivity index (χ4v) is 3.40. The molecule has 2 rings (SSSR count). The Morgan fingerprint density at radius 1 is 1.37 bits per heavy atom. The zero-order valence-corrected chi connectivity index (χ0v) is 12.3. The van der Waals surface area contributed by atoms with E-state index in [1.807, 2.05) is 11.8 Å². The molecule has 2 N–H and O–H groups in total. The van der Waals surface area contributed by atoms with Crippen molar-refractivity contribution < 1.29 is 9.53 Å². The Morgan fingerprint density at radius 3 is 2.89 bits per heavy atom. The molecule has 1 heterocycles. The van der Waals surface area contributed by atoms with E-state index in [0.29, 0.717) is 17.9 Å². The number of nitrogens with zero attached hydrogens (tertiary/aromatic N) is 1. The summed E-state index contributed by atoms with van der Waals surface area (Å²) < 4.78 is 5.61. The van der Waals surface area contributed by atoms with Gasteiger partial charge in [-0.3, -0.25) is 4.79 Å². The molecule has 0 aromatic carbocycles. The van der Waals surface area contributed by atoms with Crippen molar-refractivity contribution in [1.29, 1.82) is 0 Å². The van der Waals surface area contributed by atoms with Gasteiger partial charge in [-0.1, -0.05) is 13.3 Å². The van der Waals surface area contributed by atoms with Crippen molar-refractivity contribution in [3.63, 3.8) is 0 Å². The van der Waals surface area contributed by atoms with Crippen LogP contribution in [-0.4, -0.2) is 42.6 Å². The Kier molecular flexibility index (Phi) is 5.22. The smallest absolute Gasteiger partial charge is 0.225 e. The minimum atomic E-state index is 0.108. The Balaban J connectivity index is 1.93. The van der Waals surface area contributed by atoms with E-state index in [9.17, 15) is 4.79 Å². The van der Waals surface area contributed by atoms with Crippen LogP contribution in [0.5, 0.6) is 0 Å². The van der Waals surface area contributed by atoms with Gasteiger partial charge in [0.2, 0.25) is 5.91 Å². The third kappa shape index (κ3) is 3.93. The summed E-state index contributed by atoms with van der Waals surface area (Å²) in [5, 5.41) is 0. The third-order valence-corrected chi connectivity index (χ3v) is 4.62. The molecule has 4 heteroatoms. The van der Waals surface area contributed by atoms with Crippen LogP contribution < -0.4 is 5.73 Å². The summed E-state index contributed by atoms with van der Waals surface area (Å²) in [5.74, 6) is 0.879. The van der Waals surface area contributed by atoms with Crippen molar-refractivity contribution in [1.82, 2.24) is 4.90 Å². The molecule has 0 spiro atoms. The van der Waals surface area contributed by atoms with Crippen LogP contribution in [0.15, 0.2) is 0 Å². The maximum atomic E-state index is 12.6. The largest absolute Gasteiger partial charge is 0.377 e. The van der Waals surface area contributed by atoms with Gasteiger partial charge in [0, 0.05) is 31.7 Å². The number of carbonyl (C=O) groups is 1. The van der Waals surface area contributed by atoms with Crippen LogP contribution in [0, 0.1) is 11.8 Å². The summed E-state index contributed by atoms with van der Waals surface area (Å²) in [4.78, 5) is 14.6. The van der Waals surface area contributed by atoms with Gasteiger partial charge < -0.3 is 15.4 Å². The van der Waals surface area contributed by atoms with E-state index < -0.39 is 0 Å². The number of hydrogen-bond acceptors (Lipinski definition) is 3. The van der Waals surface area contributed by atoms with Crippen LogP contribution in [0.3, 0.4) is 0 Å². The second-order valence-corrected chi connectivity index (χ2v) is 6.29. The van der Waals surface area contributed by atoms with Crippen molar-refractivity contribution in [2.45, 2.75) is 58.1 Å². The van der Waals surface area contributed by atoms with Crippen LogP contribution in [-0.2, 0) is 9.53 Å². The van der Waals surface area contributed by atoms with Crippen molar-refractivity contribution in [3.05, 3.63) is 0 Å². The number of rotatable bonds is 2. The first-order valence-corrected chi connectivity index (χ1v) is 7.74. The predicted octanol–water partition coefficient (Wildman–Crippen LogP) is 1.78. The van der Waals surface area contributed by atoms with Gasteiger partial charge >= 0.3 is 0 Å². The number of hydrogen-bond donors (Lipinski definition) is 1. The minimum Gasteiger partial charge on any atom is -0.377 e. The molecule has 19 heavy (non-hydrogen) atoms. The summed E-state index contributed by atoms with van der Waals surface area (Å²) in [6, 6.07) is 0.292. The highest BCUT2D eigenvalue weighted by atomic mass is 16.5. The average molecular weight is 268 g/mol. The topological polar surface area (TPSA) is 55.6 Å². The van der Waals surface area contributed by atoms with E-state index in [1.165, 1.54) is 6.42 Å². The summed E-state index contributed by atoms with van der Waals surface area (Å²) in [7, 11) is 0. The SMILES string of the molecule is CC1CN(C(=O)C(C)C2CCCC(N)C2)CCCO1. The molecule has 2 aliphatic rings. The quantitative estimate of drug-likeness (QED) is 0.830. The second-order valence-electron chi connectivity index (χ2n) is 6.29. The molecule has 4 atom stereocenters. The van der Waals surface area contributed by atoms with E-state index >= 15 is 0 Å². The molecule has 0 aromatic rings. The number of ether oxygens (including phenoxy) is 1. The predicted molar refractivity (Wildman–Crippen MR) is 75.7 cm³/mol. The van der Waals surface area contributed by atoms with Crippen LogP contribution in [0.4, 0.5) is 0 Å². The molecule has 4 unspecified atom stereocenters. The van der Waals surface area contributed by atoms with Crippen LogP contribution in [0.1, 0.15) is 46.0 Å². The molecule has 4 nitrogen and oxygen atoms in total. The average Bonchev–Trinajstić information content (AvgIpc) is 2.61. The number of carbonyl (C=O) groups excluding carboxylic acids is 1. The maximum absolute atomic E-state index is 12.6. The molecule has 1 saturated carbocycles. The van der Waals surface area contributed by atoms with E-state index in [-0.39, 0.29) is 12.0 Å².